The van der Waals surface area contributed by atoms with Crippen LogP contribution in [0.4, 0.5) is 20.8 Å². The van der Waals surface area contributed by atoms with Crippen LogP contribution in [0, 0.1) is 12.7 Å². The van der Waals surface area contributed by atoms with E-state index in [0.29, 0.717) is 16.6 Å². The van der Waals surface area contributed by atoms with Crippen LogP contribution in [0.3, 0.4) is 0 Å². The van der Waals surface area contributed by atoms with Gasteiger partial charge in [0.25, 0.3) is 5.91 Å². The molecule has 168 valence electrons. The summed E-state index contributed by atoms with van der Waals surface area (Å²) in [7, 11) is 0. The van der Waals surface area contributed by atoms with Gasteiger partial charge in [-0.05, 0) is 42.8 Å². The number of amides is 2. The molecule has 0 saturated carbocycles. The van der Waals surface area contributed by atoms with E-state index in [9.17, 15) is 19.1 Å². The molecule has 1 aliphatic heterocycles. The normalized spacial score (nSPS) is 17.1. The summed E-state index contributed by atoms with van der Waals surface area (Å²) >= 11 is 0. The van der Waals surface area contributed by atoms with Crippen molar-refractivity contribution >= 4 is 47.1 Å². The smallest absolute Gasteiger partial charge is 0.411 e. The number of carbonyl (C=O) groups excluding carboxylic acids is 1. The van der Waals surface area contributed by atoms with E-state index < -0.39 is 23.5 Å². The number of hydrogen-bond acceptors (Lipinski definition) is 4. The number of H-pyrrole nitrogens is 1. The van der Waals surface area contributed by atoms with E-state index in [-0.39, 0.29) is 35.2 Å². The van der Waals surface area contributed by atoms with E-state index >= 15 is 0 Å². The number of benzene rings is 3. The largest absolute Gasteiger partial charge is 0.465 e. The lowest BCUT2D eigenvalue weighted by Gasteiger charge is -2.35. The summed E-state index contributed by atoms with van der Waals surface area (Å²) in [4.78, 5) is 32.3. The number of nitrogens with one attached hydrogen (secondary N) is 2. The molecule has 0 aliphatic carbocycles. The van der Waals surface area contributed by atoms with Gasteiger partial charge in [-0.25, -0.2) is 14.2 Å². The summed E-state index contributed by atoms with van der Waals surface area (Å²) in [5, 5.41) is 23.1. The fourth-order valence-corrected chi connectivity index (χ4v) is 4.11. The topological polar surface area (TPSA) is 119 Å². The van der Waals surface area contributed by atoms with Crippen molar-refractivity contribution in [1.82, 2.24) is 9.97 Å². The SMILES string of the molecule is Cc1ccc(F)c(N2C(=O)c3ccccc3C2(O)c2ccc3nc(NC(=O)O)[nH]c3c2)c1.Cl. The zero-order valence-corrected chi connectivity index (χ0v) is 18.0. The van der Waals surface area contributed by atoms with Crippen molar-refractivity contribution in [3.63, 3.8) is 0 Å². The number of aliphatic hydroxyl groups is 1. The second-order valence-corrected chi connectivity index (χ2v) is 7.56. The molecule has 5 rings (SSSR count). The van der Waals surface area contributed by atoms with E-state index in [1.54, 1.807) is 55.5 Å². The molecule has 3 aromatic carbocycles. The first-order valence-electron chi connectivity index (χ1n) is 9.72. The van der Waals surface area contributed by atoms with Gasteiger partial charge in [-0.1, -0.05) is 30.3 Å². The average Bonchev–Trinajstić information content (AvgIpc) is 3.26. The molecule has 4 N–H and O–H groups in total. The second kappa shape index (κ2) is 7.88. The van der Waals surface area contributed by atoms with Crippen molar-refractivity contribution in [3.05, 3.63) is 88.7 Å². The maximum Gasteiger partial charge on any atom is 0.411 e. The standard InChI is InChI=1S/C23H17FN4O4.ClH/c1-12-6-8-16(24)19(10-12)28-20(29)14-4-2-3-5-15(14)23(28,32)13-7-9-17-18(11-13)26-21(25-17)27-22(30)31;/h2-11,32H,1H3,(H,30,31)(H2,25,26,27);1H. The van der Waals surface area contributed by atoms with Gasteiger partial charge in [-0.2, -0.15) is 0 Å². The fraction of sp³-hybridized carbons (Fsp3) is 0.0870. The van der Waals surface area contributed by atoms with Gasteiger partial charge < -0.3 is 15.2 Å². The molecular formula is C23H18ClFN4O4. The molecule has 0 radical (unpaired) electrons. The van der Waals surface area contributed by atoms with Crippen LogP contribution >= 0.6 is 12.4 Å². The molecule has 4 aromatic rings. The van der Waals surface area contributed by atoms with E-state index in [1.165, 1.54) is 12.1 Å². The Hall–Kier alpha value is -3.95. The van der Waals surface area contributed by atoms with Gasteiger partial charge in [0, 0.05) is 16.7 Å². The number of nitrogens with zero attached hydrogens (tertiary/aromatic N) is 2. The number of carboxylic acid groups (broad SMARTS) is 1. The quantitative estimate of drug-likeness (QED) is 0.356. The third kappa shape index (κ3) is 3.38. The number of halogens is 2. The molecule has 2 amide bonds. The molecule has 0 bridgehead atoms. The number of aromatic amines is 1. The minimum atomic E-state index is -2.00. The number of aromatic nitrogens is 2. The van der Waals surface area contributed by atoms with Crippen molar-refractivity contribution in [2.75, 3.05) is 10.2 Å². The van der Waals surface area contributed by atoms with E-state index in [0.717, 1.165) is 10.5 Å². The Bertz CT molecular complexity index is 1420. The number of carbonyl (C=O) groups is 2. The lowest BCUT2D eigenvalue weighted by Crippen LogP contribution is -2.45. The Kier molecular flexibility index (Phi) is 5.31. The predicted octanol–water partition coefficient (Wildman–Crippen LogP) is 4.38. The third-order valence-corrected chi connectivity index (χ3v) is 5.51. The van der Waals surface area contributed by atoms with Crippen molar-refractivity contribution in [2.24, 2.45) is 0 Å². The zero-order chi connectivity index (χ0) is 22.6. The maximum atomic E-state index is 14.9. The Morgan fingerprint density at radius 1 is 1.15 bits per heavy atom. The number of hydrogen-bond donors (Lipinski definition) is 4. The first kappa shape index (κ1) is 22.3. The number of imidazole rings is 1. The Balaban J connectivity index is 0.00000259. The Morgan fingerprint density at radius 3 is 2.67 bits per heavy atom. The van der Waals surface area contributed by atoms with Gasteiger partial charge in [-0.3, -0.25) is 15.0 Å². The van der Waals surface area contributed by atoms with Crippen LogP contribution in [0.1, 0.15) is 27.0 Å². The molecule has 1 unspecified atom stereocenters. The van der Waals surface area contributed by atoms with Gasteiger partial charge in [0.05, 0.1) is 16.7 Å². The van der Waals surface area contributed by atoms with Crippen molar-refractivity contribution in [1.29, 1.82) is 0 Å². The van der Waals surface area contributed by atoms with E-state index in [2.05, 4.69) is 15.3 Å². The van der Waals surface area contributed by atoms with Crippen LogP contribution in [0.15, 0.2) is 60.7 Å². The number of aryl methyl sites for hydroxylation is 1. The van der Waals surface area contributed by atoms with Crippen LogP contribution in [0.2, 0.25) is 0 Å². The second-order valence-electron chi connectivity index (χ2n) is 7.56. The molecule has 1 aromatic heterocycles. The van der Waals surface area contributed by atoms with Gasteiger partial charge >= 0.3 is 6.09 Å². The number of fused-ring (bicyclic) bond motifs is 2. The molecule has 2 heterocycles. The van der Waals surface area contributed by atoms with Gasteiger partial charge in [0.2, 0.25) is 5.95 Å². The Labute approximate surface area is 193 Å². The minimum absolute atomic E-state index is 0. The molecule has 0 fully saturated rings. The molecule has 1 atom stereocenters. The number of anilines is 2. The van der Waals surface area contributed by atoms with Gasteiger partial charge in [0.15, 0.2) is 5.72 Å². The highest BCUT2D eigenvalue weighted by Gasteiger charge is 2.51. The first-order chi connectivity index (χ1) is 15.3. The van der Waals surface area contributed by atoms with E-state index in [4.69, 9.17) is 5.11 Å². The fourth-order valence-electron chi connectivity index (χ4n) is 4.11. The summed E-state index contributed by atoms with van der Waals surface area (Å²) in [5.74, 6) is -1.17. The van der Waals surface area contributed by atoms with Gasteiger partial charge in [0.1, 0.15) is 5.82 Å². The summed E-state index contributed by atoms with van der Waals surface area (Å²) in [5.41, 5.74) is 0.417. The third-order valence-electron chi connectivity index (χ3n) is 5.51. The molecule has 10 heteroatoms. The zero-order valence-electron chi connectivity index (χ0n) is 17.2. The van der Waals surface area contributed by atoms with Crippen molar-refractivity contribution in [3.8, 4) is 0 Å². The molecule has 0 spiro atoms. The number of rotatable bonds is 3. The van der Waals surface area contributed by atoms with Gasteiger partial charge in [-0.15, -0.1) is 12.4 Å². The highest BCUT2D eigenvalue weighted by Crippen LogP contribution is 2.46. The minimum Gasteiger partial charge on any atom is -0.465 e. The van der Waals surface area contributed by atoms with Crippen molar-refractivity contribution < 1.29 is 24.2 Å². The van der Waals surface area contributed by atoms with Crippen LogP contribution in [0.25, 0.3) is 11.0 Å². The monoisotopic (exact) mass is 468 g/mol. The summed E-state index contributed by atoms with van der Waals surface area (Å²) in [6, 6.07) is 15.6. The molecular weight excluding hydrogens is 451 g/mol. The van der Waals surface area contributed by atoms with Crippen molar-refractivity contribution in [2.45, 2.75) is 12.6 Å². The first-order valence-corrected chi connectivity index (χ1v) is 9.72. The molecule has 33 heavy (non-hydrogen) atoms. The van der Waals surface area contributed by atoms with E-state index in [1.807, 2.05) is 0 Å². The average molecular weight is 469 g/mol. The summed E-state index contributed by atoms with van der Waals surface area (Å²) in [6.07, 6.45) is -1.28. The van der Waals surface area contributed by atoms with Crippen LogP contribution in [-0.2, 0) is 5.72 Å². The van der Waals surface area contributed by atoms with Crippen LogP contribution in [0.5, 0.6) is 0 Å². The predicted molar refractivity (Wildman–Crippen MR) is 122 cm³/mol. The highest BCUT2D eigenvalue weighted by atomic mass is 35.5. The molecule has 1 aliphatic rings. The highest BCUT2D eigenvalue weighted by molar-refractivity contribution is 6.12. The molecule has 0 saturated heterocycles. The van der Waals surface area contributed by atoms with Crippen LogP contribution in [-0.4, -0.2) is 32.2 Å². The summed E-state index contributed by atoms with van der Waals surface area (Å²) < 4.78 is 14.9. The van der Waals surface area contributed by atoms with Crippen LogP contribution < -0.4 is 10.2 Å². The lowest BCUT2D eigenvalue weighted by molar-refractivity contribution is 0.0699. The molecule has 8 nitrogen and oxygen atoms in total. The maximum absolute atomic E-state index is 14.9. The summed E-state index contributed by atoms with van der Waals surface area (Å²) in [6.45, 7) is 1.77. The Morgan fingerprint density at radius 2 is 1.91 bits per heavy atom. The lowest BCUT2D eigenvalue weighted by atomic mass is 9.93.